The third-order valence-electron chi connectivity index (χ3n) is 5.28. The van der Waals surface area contributed by atoms with Gasteiger partial charge in [-0.3, -0.25) is 4.79 Å². The zero-order valence-electron chi connectivity index (χ0n) is 19.6. The highest BCUT2D eigenvalue weighted by atomic mass is 19.1. The van der Waals surface area contributed by atoms with Crippen molar-refractivity contribution in [2.75, 3.05) is 0 Å². The summed E-state index contributed by atoms with van der Waals surface area (Å²) in [5.41, 5.74) is -0.0196. The zero-order chi connectivity index (χ0) is 24.4. The van der Waals surface area contributed by atoms with E-state index in [1.165, 1.54) is 36.4 Å². The Labute approximate surface area is 194 Å². The Balaban J connectivity index is 1.98. The third kappa shape index (κ3) is 8.00. The first kappa shape index (κ1) is 26.0. The molecule has 0 heterocycles. The lowest BCUT2D eigenvalue weighted by Gasteiger charge is -2.19. The molecule has 0 N–H and O–H groups in total. The quantitative estimate of drug-likeness (QED) is 0.298. The van der Waals surface area contributed by atoms with Gasteiger partial charge in [-0.15, -0.1) is 0 Å². The number of carbonyl (C=O) groups excluding carboxylic acids is 3. The molecule has 6 nitrogen and oxygen atoms in total. The number of hydrogen-bond donors (Lipinski definition) is 0. The largest absolute Gasteiger partial charge is 0.459 e. The molecule has 2 rings (SSSR count). The summed E-state index contributed by atoms with van der Waals surface area (Å²) in [6, 6.07) is 9.39. The average Bonchev–Trinajstić information content (AvgIpc) is 2.78. The minimum Gasteiger partial charge on any atom is -0.459 e. The lowest BCUT2D eigenvalue weighted by atomic mass is 9.97. The predicted octanol–water partition coefficient (Wildman–Crippen LogP) is 6.12. The molecule has 0 amide bonds. The van der Waals surface area contributed by atoms with Gasteiger partial charge in [0.05, 0.1) is 17.2 Å². The van der Waals surface area contributed by atoms with Gasteiger partial charge in [-0.2, -0.15) is 0 Å². The van der Waals surface area contributed by atoms with Crippen LogP contribution in [0.4, 0.5) is 4.39 Å². The van der Waals surface area contributed by atoms with Gasteiger partial charge in [-0.1, -0.05) is 33.6 Å². The molecule has 0 aliphatic carbocycles. The first-order chi connectivity index (χ1) is 15.8. The molecule has 7 heteroatoms. The second-order valence-corrected chi connectivity index (χ2v) is 7.91. The topological polar surface area (TPSA) is 78.9 Å². The van der Waals surface area contributed by atoms with E-state index in [-0.39, 0.29) is 28.9 Å². The number of esters is 3. The molecule has 0 radical (unpaired) electrons. The third-order valence-corrected chi connectivity index (χ3v) is 5.28. The number of rotatable bonds is 11. The van der Waals surface area contributed by atoms with Crippen LogP contribution in [0.3, 0.4) is 0 Å². The second kappa shape index (κ2) is 12.7. The number of hydrogen-bond acceptors (Lipinski definition) is 6. The first-order valence-corrected chi connectivity index (χ1v) is 11.3. The fourth-order valence-corrected chi connectivity index (χ4v) is 3.32. The van der Waals surface area contributed by atoms with Gasteiger partial charge in [0, 0.05) is 12.5 Å². The van der Waals surface area contributed by atoms with E-state index in [9.17, 15) is 18.8 Å². The summed E-state index contributed by atoms with van der Waals surface area (Å²) in [4.78, 5) is 36.2. The van der Waals surface area contributed by atoms with E-state index in [0.29, 0.717) is 30.9 Å². The highest BCUT2D eigenvalue weighted by Gasteiger charge is 2.20. The van der Waals surface area contributed by atoms with E-state index < -0.39 is 17.8 Å². The van der Waals surface area contributed by atoms with Gasteiger partial charge >= 0.3 is 17.9 Å². The average molecular weight is 459 g/mol. The Morgan fingerprint density at radius 3 is 2.09 bits per heavy atom. The van der Waals surface area contributed by atoms with Crippen LogP contribution in [0.15, 0.2) is 42.5 Å². The second-order valence-electron chi connectivity index (χ2n) is 7.91. The monoisotopic (exact) mass is 458 g/mol. The van der Waals surface area contributed by atoms with Crippen molar-refractivity contribution < 1.29 is 33.0 Å². The highest BCUT2D eigenvalue weighted by molar-refractivity contribution is 5.92. The molecule has 0 unspecified atom stereocenters. The Bertz CT molecular complexity index is 950. The van der Waals surface area contributed by atoms with Crippen LogP contribution >= 0.6 is 0 Å². The van der Waals surface area contributed by atoms with Crippen LogP contribution in [0.5, 0.6) is 11.5 Å². The van der Waals surface area contributed by atoms with Gasteiger partial charge in [0.15, 0.2) is 0 Å². The summed E-state index contributed by atoms with van der Waals surface area (Å²) < 4.78 is 30.2. The Hall–Kier alpha value is -3.22. The van der Waals surface area contributed by atoms with Gasteiger partial charge in [-0.25, -0.2) is 14.0 Å². The fourth-order valence-electron chi connectivity index (χ4n) is 3.32. The van der Waals surface area contributed by atoms with Gasteiger partial charge in [-0.05, 0) is 62.1 Å². The molecule has 2 aromatic rings. The predicted molar refractivity (Wildman–Crippen MR) is 122 cm³/mol. The summed E-state index contributed by atoms with van der Waals surface area (Å²) in [7, 11) is 0. The molecule has 33 heavy (non-hydrogen) atoms. The molecule has 178 valence electrons. The summed E-state index contributed by atoms with van der Waals surface area (Å²) in [6.45, 7) is 7.83. The molecule has 0 saturated heterocycles. The Kier molecular flexibility index (Phi) is 10.0. The molecule has 0 aliphatic heterocycles. The smallest absolute Gasteiger partial charge is 0.343 e. The van der Waals surface area contributed by atoms with Crippen molar-refractivity contribution in [3.63, 3.8) is 0 Å². The van der Waals surface area contributed by atoms with Gasteiger partial charge < -0.3 is 14.2 Å². The molecular formula is C26H31FO6. The van der Waals surface area contributed by atoms with E-state index >= 15 is 0 Å². The van der Waals surface area contributed by atoms with Crippen LogP contribution in [0.2, 0.25) is 0 Å². The molecule has 2 aromatic carbocycles. The van der Waals surface area contributed by atoms with Gasteiger partial charge in [0.1, 0.15) is 17.3 Å². The van der Waals surface area contributed by atoms with E-state index in [4.69, 9.17) is 14.2 Å². The van der Waals surface area contributed by atoms with Crippen LogP contribution in [0.25, 0.3) is 0 Å². The Morgan fingerprint density at radius 1 is 0.879 bits per heavy atom. The minimum atomic E-state index is -0.835. The van der Waals surface area contributed by atoms with Crippen molar-refractivity contribution in [3.05, 3.63) is 59.4 Å². The first-order valence-electron chi connectivity index (χ1n) is 11.3. The Morgan fingerprint density at radius 2 is 1.52 bits per heavy atom. The standard InChI is InChI=1S/C26H31FO6/c1-5-8-24(28)32-20-11-9-19(10-12-20)25(29)33-21-13-14-22(23(27)16-21)26(30)31-17(4)15-18(6-2)7-3/h9-14,16-18H,5-8,15H2,1-4H3/t17-/m1/s1. The van der Waals surface area contributed by atoms with E-state index in [1.807, 2.05) is 6.92 Å². The van der Waals surface area contributed by atoms with Crippen LogP contribution in [0.1, 0.15) is 80.5 Å². The number of halogens is 1. The van der Waals surface area contributed by atoms with E-state index in [0.717, 1.165) is 18.9 Å². The SMILES string of the molecule is CCCC(=O)Oc1ccc(C(=O)Oc2ccc(C(=O)O[C@H](C)CC(CC)CC)c(F)c2)cc1. The van der Waals surface area contributed by atoms with Crippen LogP contribution in [0, 0.1) is 11.7 Å². The van der Waals surface area contributed by atoms with E-state index in [1.54, 1.807) is 6.92 Å². The molecular weight excluding hydrogens is 427 g/mol. The van der Waals surface area contributed by atoms with Crippen molar-refractivity contribution >= 4 is 17.9 Å². The number of ether oxygens (including phenoxy) is 3. The summed E-state index contributed by atoms with van der Waals surface area (Å²) in [5, 5.41) is 0. The highest BCUT2D eigenvalue weighted by Crippen LogP contribution is 2.22. The normalized spacial score (nSPS) is 11.7. The molecule has 0 fully saturated rings. The number of benzene rings is 2. The molecule has 0 bridgehead atoms. The molecule has 0 aromatic heterocycles. The summed E-state index contributed by atoms with van der Waals surface area (Å²) in [5.74, 6) is -1.94. The van der Waals surface area contributed by atoms with Crippen molar-refractivity contribution in [3.8, 4) is 11.5 Å². The van der Waals surface area contributed by atoms with Crippen LogP contribution < -0.4 is 9.47 Å². The molecule has 0 spiro atoms. The van der Waals surface area contributed by atoms with Crippen molar-refractivity contribution in [2.24, 2.45) is 5.92 Å². The maximum Gasteiger partial charge on any atom is 0.343 e. The zero-order valence-corrected chi connectivity index (χ0v) is 19.6. The van der Waals surface area contributed by atoms with Crippen LogP contribution in [-0.4, -0.2) is 24.0 Å². The van der Waals surface area contributed by atoms with Crippen molar-refractivity contribution in [2.45, 2.75) is 65.9 Å². The number of carbonyl (C=O) groups is 3. The lowest BCUT2D eigenvalue weighted by Crippen LogP contribution is -2.19. The summed E-state index contributed by atoms with van der Waals surface area (Å²) >= 11 is 0. The van der Waals surface area contributed by atoms with Crippen molar-refractivity contribution in [1.82, 2.24) is 0 Å². The molecule has 1 atom stereocenters. The maximum absolute atomic E-state index is 14.5. The lowest BCUT2D eigenvalue weighted by molar-refractivity contribution is -0.134. The minimum absolute atomic E-state index is 0.0439. The fraction of sp³-hybridized carbons (Fsp3) is 0.423. The van der Waals surface area contributed by atoms with Crippen molar-refractivity contribution in [1.29, 1.82) is 0 Å². The molecule has 0 aliphatic rings. The maximum atomic E-state index is 14.5. The molecule has 0 saturated carbocycles. The van der Waals surface area contributed by atoms with Gasteiger partial charge in [0.2, 0.25) is 0 Å². The van der Waals surface area contributed by atoms with Gasteiger partial charge in [0.25, 0.3) is 0 Å². The van der Waals surface area contributed by atoms with Crippen LogP contribution in [-0.2, 0) is 9.53 Å². The summed E-state index contributed by atoms with van der Waals surface area (Å²) in [6.07, 6.45) is 3.33. The van der Waals surface area contributed by atoms with E-state index in [2.05, 4.69) is 13.8 Å².